The van der Waals surface area contributed by atoms with Gasteiger partial charge < -0.3 is 5.32 Å². The van der Waals surface area contributed by atoms with E-state index in [9.17, 15) is 8.78 Å². The SMILES string of the molecule is CCCNC(CSCC(C)C)Cc1c(F)ccc(Br)c1F. The first kappa shape index (κ1) is 18.9. The lowest BCUT2D eigenvalue weighted by molar-refractivity contribution is 0.501. The van der Waals surface area contributed by atoms with Crippen LogP contribution in [-0.2, 0) is 6.42 Å². The zero-order valence-corrected chi connectivity index (χ0v) is 15.3. The van der Waals surface area contributed by atoms with Gasteiger partial charge in [0, 0.05) is 17.4 Å². The Hall–Kier alpha value is -0.130. The monoisotopic (exact) mass is 379 g/mol. The fourth-order valence-electron chi connectivity index (χ4n) is 1.99. The van der Waals surface area contributed by atoms with Crippen LogP contribution in [0.25, 0.3) is 0 Å². The molecule has 0 heterocycles. The third-order valence-electron chi connectivity index (χ3n) is 3.04. The first-order valence-corrected chi connectivity index (χ1v) is 9.34. The predicted octanol–water partition coefficient (Wildman–Crippen LogP) is 5.03. The summed E-state index contributed by atoms with van der Waals surface area (Å²) in [5, 5.41) is 3.40. The van der Waals surface area contributed by atoms with E-state index >= 15 is 0 Å². The molecule has 1 aromatic carbocycles. The van der Waals surface area contributed by atoms with Crippen molar-refractivity contribution in [1.29, 1.82) is 0 Å². The number of hydrogen-bond donors (Lipinski definition) is 1. The number of hydrogen-bond acceptors (Lipinski definition) is 2. The molecule has 1 nitrogen and oxygen atoms in total. The van der Waals surface area contributed by atoms with Gasteiger partial charge in [0.05, 0.1) is 4.47 Å². The van der Waals surface area contributed by atoms with Crippen molar-refractivity contribution < 1.29 is 8.78 Å². The maximum atomic E-state index is 14.1. The van der Waals surface area contributed by atoms with Crippen molar-refractivity contribution in [2.75, 3.05) is 18.1 Å². The van der Waals surface area contributed by atoms with Crippen LogP contribution >= 0.6 is 27.7 Å². The number of nitrogens with one attached hydrogen (secondary N) is 1. The van der Waals surface area contributed by atoms with Crippen molar-refractivity contribution in [2.45, 2.75) is 39.7 Å². The lowest BCUT2D eigenvalue weighted by Gasteiger charge is -2.20. The van der Waals surface area contributed by atoms with Crippen molar-refractivity contribution >= 4 is 27.7 Å². The molecule has 1 N–H and O–H groups in total. The van der Waals surface area contributed by atoms with Gasteiger partial charge >= 0.3 is 0 Å². The van der Waals surface area contributed by atoms with E-state index in [1.807, 2.05) is 11.8 Å². The minimum absolute atomic E-state index is 0.0898. The van der Waals surface area contributed by atoms with Crippen LogP contribution < -0.4 is 5.32 Å². The summed E-state index contributed by atoms with van der Waals surface area (Å²) in [5.74, 6) is 1.61. The highest BCUT2D eigenvalue weighted by Crippen LogP contribution is 2.23. The summed E-state index contributed by atoms with van der Waals surface area (Å²) < 4.78 is 28.3. The lowest BCUT2D eigenvalue weighted by atomic mass is 10.1. The average Bonchev–Trinajstić information content (AvgIpc) is 2.44. The molecule has 1 atom stereocenters. The molecule has 0 fully saturated rings. The third kappa shape index (κ3) is 6.66. The summed E-state index contributed by atoms with van der Waals surface area (Å²) in [6, 6.07) is 2.82. The zero-order chi connectivity index (χ0) is 15.8. The summed E-state index contributed by atoms with van der Waals surface area (Å²) in [5.41, 5.74) is 0.170. The van der Waals surface area contributed by atoms with Crippen molar-refractivity contribution in [3.63, 3.8) is 0 Å². The van der Waals surface area contributed by atoms with E-state index in [2.05, 4.69) is 42.0 Å². The van der Waals surface area contributed by atoms with E-state index < -0.39 is 11.6 Å². The van der Waals surface area contributed by atoms with E-state index in [0.717, 1.165) is 24.5 Å². The number of thioether (sulfide) groups is 1. The van der Waals surface area contributed by atoms with Gasteiger partial charge in [-0.25, -0.2) is 8.78 Å². The minimum Gasteiger partial charge on any atom is -0.313 e. The molecule has 1 aromatic rings. The molecule has 0 radical (unpaired) electrons. The van der Waals surface area contributed by atoms with Crippen LogP contribution in [0.4, 0.5) is 8.78 Å². The second-order valence-corrected chi connectivity index (χ2v) is 7.54. The van der Waals surface area contributed by atoms with E-state index in [-0.39, 0.29) is 11.6 Å². The Balaban J connectivity index is 2.73. The molecule has 21 heavy (non-hydrogen) atoms. The molecule has 0 saturated carbocycles. The molecule has 0 aromatic heterocycles. The van der Waals surface area contributed by atoms with E-state index in [0.29, 0.717) is 16.8 Å². The molecule has 0 spiro atoms. The van der Waals surface area contributed by atoms with Crippen molar-refractivity contribution in [1.82, 2.24) is 5.32 Å². The van der Waals surface area contributed by atoms with Crippen LogP contribution in [0.1, 0.15) is 32.8 Å². The van der Waals surface area contributed by atoms with Gasteiger partial charge in [-0.3, -0.25) is 0 Å². The molecule has 0 bridgehead atoms. The third-order valence-corrected chi connectivity index (χ3v) is 5.20. The van der Waals surface area contributed by atoms with Gasteiger partial charge in [0.1, 0.15) is 11.6 Å². The molecule has 0 saturated heterocycles. The summed E-state index contributed by atoms with van der Waals surface area (Å²) >= 11 is 4.96. The molecule has 1 unspecified atom stereocenters. The summed E-state index contributed by atoms with van der Waals surface area (Å²) in [6.45, 7) is 7.31. The molecule has 0 amide bonds. The molecular weight excluding hydrogens is 356 g/mol. The number of rotatable bonds is 9. The number of halogens is 3. The van der Waals surface area contributed by atoms with Crippen molar-refractivity contribution in [3.05, 3.63) is 33.8 Å². The van der Waals surface area contributed by atoms with Gasteiger partial charge in [-0.05, 0) is 59.1 Å². The maximum absolute atomic E-state index is 14.1. The Morgan fingerprint density at radius 2 is 1.95 bits per heavy atom. The summed E-state index contributed by atoms with van der Waals surface area (Å²) in [6.07, 6.45) is 1.39. The van der Waals surface area contributed by atoms with Gasteiger partial charge in [-0.2, -0.15) is 11.8 Å². The smallest absolute Gasteiger partial charge is 0.143 e. The van der Waals surface area contributed by atoms with E-state index in [4.69, 9.17) is 0 Å². The van der Waals surface area contributed by atoms with Crippen LogP contribution in [0.2, 0.25) is 0 Å². The predicted molar refractivity (Wildman–Crippen MR) is 92.0 cm³/mol. The molecule has 0 aliphatic heterocycles. The zero-order valence-electron chi connectivity index (χ0n) is 12.9. The van der Waals surface area contributed by atoms with Gasteiger partial charge in [-0.1, -0.05) is 20.8 Å². The van der Waals surface area contributed by atoms with Gasteiger partial charge in [0.15, 0.2) is 0 Å². The summed E-state index contributed by atoms with van der Waals surface area (Å²) in [4.78, 5) is 0. The highest BCUT2D eigenvalue weighted by atomic mass is 79.9. The Morgan fingerprint density at radius 1 is 1.24 bits per heavy atom. The van der Waals surface area contributed by atoms with Gasteiger partial charge in [0.25, 0.3) is 0 Å². The summed E-state index contributed by atoms with van der Waals surface area (Å²) in [7, 11) is 0. The van der Waals surface area contributed by atoms with Crippen LogP contribution in [0.3, 0.4) is 0 Å². The fraction of sp³-hybridized carbons (Fsp3) is 0.625. The van der Waals surface area contributed by atoms with Crippen LogP contribution in [0.15, 0.2) is 16.6 Å². The standard InChI is InChI=1S/C16H24BrF2NS/c1-4-7-20-12(10-21-9-11(2)3)8-13-15(18)6-5-14(17)16(13)19/h5-6,11-12,20H,4,7-10H2,1-3H3. The Labute approximate surface area is 139 Å². The Bertz CT molecular complexity index is 441. The Morgan fingerprint density at radius 3 is 2.57 bits per heavy atom. The lowest BCUT2D eigenvalue weighted by Crippen LogP contribution is -2.34. The van der Waals surface area contributed by atoms with Crippen molar-refractivity contribution in [2.24, 2.45) is 5.92 Å². The van der Waals surface area contributed by atoms with Crippen molar-refractivity contribution in [3.8, 4) is 0 Å². The molecule has 5 heteroatoms. The van der Waals surface area contributed by atoms with Gasteiger partial charge in [-0.15, -0.1) is 0 Å². The highest BCUT2D eigenvalue weighted by molar-refractivity contribution is 9.10. The molecular formula is C16H24BrF2NS. The molecule has 0 aliphatic carbocycles. The average molecular weight is 380 g/mol. The second-order valence-electron chi connectivity index (χ2n) is 5.61. The Kier molecular flexibility index (Phi) is 8.83. The van der Waals surface area contributed by atoms with E-state index in [1.54, 1.807) is 0 Å². The molecule has 120 valence electrons. The highest BCUT2D eigenvalue weighted by Gasteiger charge is 2.17. The largest absolute Gasteiger partial charge is 0.313 e. The normalized spacial score (nSPS) is 12.9. The topological polar surface area (TPSA) is 12.0 Å². The van der Waals surface area contributed by atoms with Crippen LogP contribution in [-0.4, -0.2) is 24.1 Å². The second kappa shape index (κ2) is 9.80. The number of benzene rings is 1. The minimum atomic E-state index is -0.479. The quantitative estimate of drug-likeness (QED) is 0.604. The van der Waals surface area contributed by atoms with Gasteiger partial charge in [0.2, 0.25) is 0 Å². The first-order chi connectivity index (χ1) is 9.95. The fourth-order valence-corrected chi connectivity index (χ4v) is 3.49. The van der Waals surface area contributed by atoms with Crippen LogP contribution in [0.5, 0.6) is 0 Å². The van der Waals surface area contributed by atoms with Crippen LogP contribution in [0, 0.1) is 17.6 Å². The van der Waals surface area contributed by atoms with E-state index in [1.165, 1.54) is 12.1 Å². The maximum Gasteiger partial charge on any atom is 0.143 e. The molecule has 1 rings (SSSR count). The first-order valence-electron chi connectivity index (χ1n) is 7.39. The molecule has 0 aliphatic rings.